The number of nitrogens with zero attached hydrogens (tertiary/aromatic N) is 4. The van der Waals surface area contributed by atoms with Gasteiger partial charge in [-0.15, -0.1) is 11.3 Å². The van der Waals surface area contributed by atoms with Crippen LogP contribution in [0.15, 0.2) is 30.0 Å². The van der Waals surface area contributed by atoms with Crippen molar-refractivity contribution in [1.29, 1.82) is 0 Å². The second-order valence-electron chi connectivity index (χ2n) is 7.10. The van der Waals surface area contributed by atoms with Crippen LogP contribution in [-0.4, -0.2) is 40.6 Å². The van der Waals surface area contributed by atoms with Gasteiger partial charge in [0.2, 0.25) is 5.95 Å². The minimum Gasteiger partial charge on any atom is -0.355 e. The molecule has 0 saturated carbocycles. The van der Waals surface area contributed by atoms with Crippen molar-refractivity contribution >= 4 is 27.4 Å². The van der Waals surface area contributed by atoms with E-state index in [1.807, 2.05) is 6.07 Å². The van der Waals surface area contributed by atoms with Gasteiger partial charge in [-0.3, -0.25) is 0 Å². The number of hydrogen-bond donors (Lipinski definition) is 1. The molecule has 5 nitrogen and oxygen atoms in total. The lowest BCUT2D eigenvalue weighted by molar-refractivity contribution is 0.412. The SMILES string of the molecule is Cc1csc2c(N3CCC(NCCCc4ccnc(F)c4)CC3)ncnc12. The average Bonchev–Trinajstić information content (AvgIpc) is 3.07. The van der Waals surface area contributed by atoms with Crippen molar-refractivity contribution in [3.8, 4) is 0 Å². The fourth-order valence-electron chi connectivity index (χ4n) is 3.67. The second-order valence-corrected chi connectivity index (χ2v) is 7.98. The quantitative estimate of drug-likeness (QED) is 0.518. The van der Waals surface area contributed by atoms with Gasteiger partial charge in [0, 0.05) is 25.3 Å². The molecule has 4 rings (SSSR count). The van der Waals surface area contributed by atoms with Crippen LogP contribution in [0.1, 0.15) is 30.4 Å². The zero-order valence-corrected chi connectivity index (χ0v) is 16.3. The Morgan fingerprint density at radius 3 is 2.93 bits per heavy atom. The van der Waals surface area contributed by atoms with E-state index in [0.717, 1.165) is 62.2 Å². The molecule has 1 fully saturated rings. The Morgan fingerprint density at radius 2 is 2.11 bits per heavy atom. The molecule has 142 valence electrons. The summed E-state index contributed by atoms with van der Waals surface area (Å²) < 4.78 is 14.3. The second kappa shape index (κ2) is 8.27. The van der Waals surface area contributed by atoms with Gasteiger partial charge in [0.05, 0.1) is 10.2 Å². The van der Waals surface area contributed by atoms with Crippen LogP contribution >= 0.6 is 11.3 Å². The van der Waals surface area contributed by atoms with Gasteiger partial charge in [-0.05, 0) is 67.8 Å². The van der Waals surface area contributed by atoms with Crippen LogP contribution < -0.4 is 10.2 Å². The number of fused-ring (bicyclic) bond motifs is 1. The van der Waals surface area contributed by atoms with Crippen molar-refractivity contribution in [2.75, 3.05) is 24.5 Å². The van der Waals surface area contributed by atoms with E-state index in [-0.39, 0.29) is 0 Å². The number of nitrogens with one attached hydrogen (secondary N) is 1. The standard InChI is InChI=1S/C20H24FN5S/c1-14-12-27-19-18(14)24-13-25-20(19)26-9-5-16(6-10-26)22-7-2-3-15-4-8-23-17(21)11-15/h4,8,11-13,16,22H,2-3,5-7,9-10H2,1H3. The minimum atomic E-state index is -0.396. The summed E-state index contributed by atoms with van der Waals surface area (Å²) in [5, 5.41) is 5.81. The minimum absolute atomic E-state index is 0.396. The van der Waals surface area contributed by atoms with Crippen LogP contribution in [0, 0.1) is 12.9 Å². The monoisotopic (exact) mass is 385 g/mol. The van der Waals surface area contributed by atoms with E-state index < -0.39 is 5.95 Å². The van der Waals surface area contributed by atoms with Crippen LogP contribution in [0.2, 0.25) is 0 Å². The third kappa shape index (κ3) is 4.25. The molecule has 3 aromatic heterocycles. The molecule has 1 N–H and O–H groups in total. The number of anilines is 1. The highest BCUT2D eigenvalue weighted by atomic mass is 32.1. The Balaban J connectivity index is 1.25. The summed E-state index contributed by atoms with van der Waals surface area (Å²) >= 11 is 1.74. The number of aromatic nitrogens is 3. The number of aryl methyl sites for hydroxylation is 2. The number of thiophene rings is 1. The van der Waals surface area contributed by atoms with E-state index in [9.17, 15) is 4.39 Å². The number of rotatable bonds is 6. The Labute approximate surface area is 162 Å². The van der Waals surface area contributed by atoms with Crippen LogP contribution in [0.4, 0.5) is 10.2 Å². The highest BCUT2D eigenvalue weighted by molar-refractivity contribution is 7.18. The van der Waals surface area contributed by atoms with Gasteiger partial charge < -0.3 is 10.2 Å². The van der Waals surface area contributed by atoms with Gasteiger partial charge in [-0.1, -0.05) is 0 Å². The summed E-state index contributed by atoms with van der Waals surface area (Å²) in [6, 6.07) is 3.95. The molecular formula is C20H24FN5S. The lowest BCUT2D eigenvalue weighted by atomic mass is 10.0. The van der Waals surface area contributed by atoms with Crippen LogP contribution in [0.3, 0.4) is 0 Å². The third-order valence-electron chi connectivity index (χ3n) is 5.17. The maximum absolute atomic E-state index is 13.1. The van der Waals surface area contributed by atoms with Crippen molar-refractivity contribution in [2.45, 2.75) is 38.6 Å². The molecule has 0 unspecified atom stereocenters. The Kier molecular flexibility index (Phi) is 5.59. The predicted octanol–water partition coefficient (Wildman–Crippen LogP) is 3.73. The number of pyridine rings is 1. The fourth-order valence-corrected chi connectivity index (χ4v) is 4.69. The topological polar surface area (TPSA) is 53.9 Å². The molecule has 1 saturated heterocycles. The summed E-state index contributed by atoms with van der Waals surface area (Å²) in [6.45, 7) is 5.08. The lowest BCUT2D eigenvalue weighted by Crippen LogP contribution is -2.43. The summed E-state index contributed by atoms with van der Waals surface area (Å²) in [5.74, 6) is 0.684. The van der Waals surface area contributed by atoms with Gasteiger partial charge in [0.15, 0.2) is 0 Å². The summed E-state index contributed by atoms with van der Waals surface area (Å²) in [4.78, 5) is 15.0. The Bertz CT molecular complexity index is 904. The lowest BCUT2D eigenvalue weighted by Gasteiger charge is -2.33. The van der Waals surface area contributed by atoms with Crippen LogP contribution in [0.5, 0.6) is 0 Å². The summed E-state index contributed by atoms with van der Waals surface area (Å²) in [5.41, 5.74) is 3.32. The molecule has 1 aliphatic rings. The fraction of sp³-hybridized carbons (Fsp3) is 0.450. The van der Waals surface area contributed by atoms with E-state index in [1.165, 1.54) is 22.5 Å². The van der Waals surface area contributed by atoms with Gasteiger partial charge in [-0.2, -0.15) is 4.39 Å². The zero-order valence-electron chi connectivity index (χ0n) is 15.5. The first-order valence-corrected chi connectivity index (χ1v) is 10.4. The van der Waals surface area contributed by atoms with Crippen molar-refractivity contribution in [3.05, 3.63) is 47.1 Å². The van der Waals surface area contributed by atoms with Gasteiger partial charge in [-0.25, -0.2) is 15.0 Å². The molecule has 1 aliphatic heterocycles. The number of piperidine rings is 1. The van der Waals surface area contributed by atoms with E-state index in [0.29, 0.717) is 6.04 Å². The van der Waals surface area contributed by atoms with E-state index in [2.05, 4.69) is 37.5 Å². The molecule has 7 heteroatoms. The molecule has 0 aromatic carbocycles. The smallest absolute Gasteiger partial charge is 0.213 e. The highest BCUT2D eigenvalue weighted by Gasteiger charge is 2.22. The zero-order chi connectivity index (χ0) is 18.6. The molecule has 27 heavy (non-hydrogen) atoms. The molecule has 0 bridgehead atoms. The summed E-state index contributed by atoms with van der Waals surface area (Å²) in [6.07, 6.45) is 7.32. The first kappa shape index (κ1) is 18.3. The molecule has 0 radical (unpaired) electrons. The maximum Gasteiger partial charge on any atom is 0.213 e. The van der Waals surface area contributed by atoms with E-state index >= 15 is 0 Å². The Hall–Kier alpha value is -2.12. The molecule has 4 heterocycles. The van der Waals surface area contributed by atoms with Crippen molar-refractivity contribution in [2.24, 2.45) is 0 Å². The first-order chi connectivity index (χ1) is 13.2. The summed E-state index contributed by atoms with van der Waals surface area (Å²) in [7, 11) is 0. The van der Waals surface area contributed by atoms with Gasteiger partial charge in [0.25, 0.3) is 0 Å². The molecular weight excluding hydrogens is 361 g/mol. The molecule has 0 spiro atoms. The maximum atomic E-state index is 13.1. The van der Waals surface area contributed by atoms with E-state index in [4.69, 9.17) is 0 Å². The van der Waals surface area contributed by atoms with Gasteiger partial charge >= 0.3 is 0 Å². The van der Waals surface area contributed by atoms with Crippen molar-refractivity contribution < 1.29 is 4.39 Å². The van der Waals surface area contributed by atoms with Crippen molar-refractivity contribution in [3.63, 3.8) is 0 Å². The van der Waals surface area contributed by atoms with Crippen LogP contribution in [0.25, 0.3) is 10.2 Å². The molecule has 0 atom stereocenters. The highest BCUT2D eigenvalue weighted by Crippen LogP contribution is 2.32. The third-order valence-corrected chi connectivity index (χ3v) is 6.26. The molecule has 3 aromatic rings. The average molecular weight is 386 g/mol. The van der Waals surface area contributed by atoms with Crippen molar-refractivity contribution in [1.82, 2.24) is 20.3 Å². The molecule has 0 amide bonds. The van der Waals surface area contributed by atoms with E-state index in [1.54, 1.807) is 17.7 Å². The predicted molar refractivity (Wildman–Crippen MR) is 108 cm³/mol. The number of halogens is 1. The first-order valence-electron chi connectivity index (χ1n) is 9.48. The molecule has 0 aliphatic carbocycles. The van der Waals surface area contributed by atoms with Crippen LogP contribution in [-0.2, 0) is 6.42 Å². The van der Waals surface area contributed by atoms with Gasteiger partial charge in [0.1, 0.15) is 12.1 Å². The number of hydrogen-bond acceptors (Lipinski definition) is 6. The largest absolute Gasteiger partial charge is 0.355 e. The normalized spacial score (nSPS) is 15.6. The Morgan fingerprint density at radius 1 is 1.26 bits per heavy atom.